The Bertz CT molecular complexity index is 439. The van der Waals surface area contributed by atoms with Crippen LogP contribution in [0.5, 0.6) is 5.75 Å². The van der Waals surface area contributed by atoms with Gasteiger partial charge in [0, 0.05) is 0 Å². The van der Waals surface area contributed by atoms with Crippen molar-refractivity contribution in [3.63, 3.8) is 0 Å². The van der Waals surface area contributed by atoms with E-state index in [-0.39, 0.29) is 6.10 Å². The highest BCUT2D eigenvalue weighted by Crippen LogP contribution is 2.27. The minimum Gasteiger partial charge on any atom is -0.490 e. The van der Waals surface area contributed by atoms with Crippen molar-refractivity contribution in [3.8, 4) is 5.75 Å². The summed E-state index contributed by atoms with van der Waals surface area (Å²) in [7, 11) is 0. The molecule has 0 aromatic heterocycles. The zero-order valence-electron chi connectivity index (χ0n) is 13.7. The van der Waals surface area contributed by atoms with Crippen LogP contribution in [-0.2, 0) is 0 Å². The van der Waals surface area contributed by atoms with Gasteiger partial charge in [-0.2, -0.15) is 0 Å². The standard InChI is InChI=1S/C18H29NO2/c1-14(2)17-8-7-15(3)11-18(17)21-13-16(20)12-19-9-5-4-6-10-19/h7-8,11,14,16,20H,4-6,9-10,12-13H2,1-3H3/p+1/t16-/m0/s1. The average molecular weight is 292 g/mol. The van der Waals surface area contributed by atoms with Gasteiger partial charge < -0.3 is 14.7 Å². The van der Waals surface area contributed by atoms with Crippen molar-refractivity contribution in [2.45, 2.75) is 52.1 Å². The maximum Gasteiger partial charge on any atom is 0.137 e. The van der Waals surface area contributed by atoms with E-state index < -0.39 is 0 Å². The second kappa shape index (κ2) is 7.81. The lowest BCUT2D eigenvalue weighted by molar-refractivity contribution is -0.908. The maximum atomic E-state index is 10.2. The number of benzene rings is 1. The minimum absolute atomic E-state index is 0.376. The Morgan fingerprint density at radius 2 is 1.90 bits per heavy atom. The van der Waals surface area contributed by atoms with Crippen LogP contribution in [0.25, 0.3) is 0 Å². The van der Waals surface area contributed by atoms with Gasteiger partial charge in [-0.15, -0.1) is 0 Å². The fourth-order valence-corrected chi connectivity index (χ4v) is 3.08. The lowest BCUT2D eigenvalue weighted by Gasteiger charge is -2.26. The predicted octanol–water partition coefficient (Wildman–Crippen LogP) is 1.93. The molecule has 0 radical (unpaired) electrons. The van der Waals surface area contributed by atoms with Gasteiger partial charge >= 0.3 is 0 Å². The van der Waals surface area contributed by atoms with Crippen molar-refractivity contribution in [2.75, 3.05) is 26.2 Å². The summed E-state index contributed by atoms with van der Waals surface area (Å²) in [6, 6.07) is 6.34. The summed E-state index contributed by atoms with van der Waals surface area (Å²) >= 11 is 0. The Hall–Kier alpha value is -1.06. The quantitative estimate of drug-likeness (QED) is 0.840. The largest absolute Gasteiger partial charge is 0.490 e. The van der Waals surface area contributed by atoms with Gasteiger partial charge in [-0.1, -0.05) is 26.0 Å². The molecule has 3 nitrogen and oxygen atoms in total. The van der Waals surface area contributed by atoms with Crippen LogP contribution >= 0.6 is 0 Å². The second-order valence-corrected chi connectivity index (χ2v) is 6.68. The van der Waals surface area contributed by atoms with Crippen LogP contribution in [0.3, 0.4) is 0 Å². The maximum absolute atomic E-state index is 10.2. The molecule has 0 saturated carbocycles. The minimum atomic E-state index is -0.376. The number of nitrogens with one attached hydrogen (secondary N) is 1. The molecule has 1 aromatic carbocycles. The molecule has 0 unspecified atom stereocenters. The first-order valence-electron chi connectivity index (χ1n) is 8.31. The zero-order chi connectivity index (χ0) is 15.2. The number of likely N-dealkylation sites (tertiary alicyclic amines) is 1. The molecular weight excluding hydrogens is 262 g/mol. The smallest absolute Gasteiger partial charge is 0.137 e. The molecule has 1 fully saturated rings. The third-order valence-electron chi connectivity index (χ3n) is 4.31. The Balaban J connectivity index is 1.88. The van der Waals surface area contributed by atoms with Gasteiger partial charge in [0.05, 0.1) is 13.1 Å². The number of hydrogen-bond donors (Lipinski definition) is 2. The van der Waals surface area contributed by atoms with Gasteiger partial charge in [-0.3, -0.25) is 0 Å². The molecule has 21 heavy (non-hydrogen) atoms. The number of aliphatic hydroxyl groups is 1. The van der Waals surface area contributed by atoms with Crippen LogP contribution in [0.4, 0.5) is 0 Å². The number of piperidine rings is 1. The molecule has 1 saturated heterocycles. The lowest BCUT2D eigenvalue weighted by Crippen LogP contribution is -3.14. The van der Waals surface area contributed by atoms with E-state index in [1.54, 1.807) is 0 Å². The van der Waals surface area contributed by atoms with E-state index in [9.17, 15) is 5.11 Å². The van der Waals surface area contributed by atoms with Crippen LogP contribution in [0.2, 0.25) is 0 Å². The van der Waals surface area contributed by atoms with Crippen LogP contribution in [0.15, 0.2) is 18.2 Å². The first-order chi connectivity index (χ1) is 10.1. The molecular formula is C18H30NO2+. The van der Waals surface area contributed by atoms with Gasteiger partial charge in [0.15, 0.2) is 0 Å². The highest BCUT2D eigenvalue weighted by Gasteiger charge is 2.19. The van der Waals surface area contributed by atoms with Crippen LogP contribution < -0.4 is 9.64 Å². The summed E-state index contributed by atoms with van der Waals surface area (Å²) in [5, 5.41) is 10.2. The number of aryl methyl sites for hydroxylation is 1. The van der Waals surface area contributed by atoms with E-state index in [1.165, 1.54) is 48.4 Å². The monoisotopic (exact) mass is 292 g/mol. The van der Waals surface area contributed by atoms with E-state index in [2.05, 4.69) is 39.0 Å². The first kappa shape index (κ1) is 16.3. The molecule has 0 amide bonds. The van der Waals surface area contributed by atoms with Crippen molar-refractivity contribution in [2.24, 2.45) is 0 Å². The average Bonchev–Trinajstić information content (AvgIpc) is 2.46. The topological polar surface area (TPSA) is 33.9 Å². The van der Waals surface area contributed by atoms with Gasteiger partial charge in [-0.05, 0) is 49.3 Å². The summed E-state index contributed by atoms with van der Waals surface area (Å²) in [5.41, 5.74) is 2.42. The van der Waals surface area contributed by atoms with Crippen molar-refractivity contribution < 1.29 is 14.7 Å². The fourth-order valence-electron chi connectivity index (χ4n) is 3.08. The van der Waals surface area contributed by atoms with E-state index in [0.29, 0.717) is 12.5 Å². The summed E-state index contributed by atoms with van der Waals surface area (Å²) in [5.74, 6) is 1.36. The molecule has 1 aromatic rings. The molecule has 2 N–H and O–H groups in total. The summed E-state index contributed by atoms with van der Waals surface area (Å²) in [4.78, 5) is 1.52. The number of hydrogen-bond acceptors (Lipinski definition) is 2. The van der Waals surface area contributed by atoms with E-state index >= 15 is 0 Å². The van der Waals surface area contributed by atoms with Crippen LogP contribution in [-0.4, -0.2) is 37.5 Å². The van der Waals surface area contributed by atoms with Crippen LogP contribution in [0, 0.1) is 6.92 Å². The Labute approximate surface area is 128 Å². The molecule has 1 heterocycles. The molecule has 118 valence electrons. The molecule has 2 rings (SSSR count). The molecule has 1 aliphatic rings. The van der Waals surface area contributed by atoms with E-state index in [4.69, 9.17) is 4.74 Å². The highest BCUT2D eigenvalue weighted by atomic mass is 16.5. The van der Waals surface area contributed by atoms with Crippen molar-refractivity contribution in [1.82, 2.24) is 0 Å². The van der Waals surface area contributed by atoms with E-state index in [0.717, 1.165) is 12.3 Å². The van der Waals surface area contributed by atoms with Crippen LogP contribution in [0.1, 0.15) is 50.2 Å². The SMILES string of the molecule is Cc1ccc(C(C)C)c(OC[C@@H](O)C[NH+]2CCCCC2)c1. The van der Waals surface area contributed by atoms with Crippen molar-refractivity contribution in [3.05, 3.63) is 29.3 Å². The first-order valence-corrected chi connectivity index (χ1v) is 8.31. The number of aliphatic hydroxyl groups excluding tert-OH is 1. The van der Waals surface area contributed by atoms with Crippen molar-refractivity contribution >= 4 is 0 Å². The zero-order valence-corrected chi connectivity index (χ0v) is 13.7. The van der Waals surface area contributed by atoms with Crippen molar-refractivity contribution in [1.29, 1.82) is 0 Å². The molecule has 1 aliphatic heterocycles. The Morgan fingerprint density at radius 3 is 2.57 bits per heavy atom. The summed E-state index contributed by atoms with van der Waals surface area (Å²) < 4.78 is 5.92. The van der Waals surface area contributed by atoms with Gasteiger partial charge in [0.1, 0.15) is 25.0 Å². The van der Waals surface area contributed by atoms with Gasteiger partial charge in [0.25, 0.3) is 0 Å². The lowest BCUT2D eigenvalue weighted by atomic mass is 10.0. The predicted molar refractivity (Wildman–Crippen MR) is 86.2 cm³/mol. The Morgan fingerprint density at radius 1 is 1.19 bits per heavy atom. The molecule has 0 bridgehead atoms. The molecule has 0 aliphatic carbocycles. The Kier molecular flexibility index (Phi) is 6.07. The molecule has 1 atom stereocenters. The highest BCUT2D eigenvalue weighted by molar-refractivity contribution is 5.39. The molecule has 3 heteroatoms. The third-order valence-corrected chi connectivity index (χ3v) is 4.31. The third kappa shape index (κ3) is 5.01. The normalized spacial score (nSPS) is 18.0. The molecule has 0 spiro atoms. The summed E-state index contributed by atoms with van der Waals surface area (Å²) in [6.07, 6.45) is 3.55. The van der Waals surface area contributed by atoms with Gasteiger partial charge in [0.2, 0.25) is 0 Å². The number of quaternary nitrogens is 1. The fraction of sp³-hybridized carbons (Fsp3) is 0.667. The summed E-state index contributed by atoms with van der Waals surface area (Å²) in [6.45, 7) is 10.0. The second-order valence-electron chi connectivity index (χ2n) is 6.68. The number of rotatable bonds is 6. The number of ether oxygens (including phenoxy) is 1. The van der Waals surface area contributed by atoms with E-state index in [1.807, 2.05) is 0 Å². The van der Waals surface area contributed by atoms with Gasteiger partial charge in [-0.25, -0.2) is 0 Å².